The van der Waals surface area contributed by atoms with Crippen molar-refractivity contribution >= 4 is 11.0 Å². The zero-order valence-corrected chi connectivity index (χ0v) is 13.7. The van der Waals surface area contributed by atoms with Gasteiger partial charge in [0, 0.05) is 24.4 Å². The maximum absolute atomic E-state index is 9.71. The number of hydrogen-bond donors (Lipinski definition) is 1. The molecule has 0 bridgehead atoms. The van der Waals surface area contributed by atoms with Gasteiger partial charge in [-0.25, -0.2) is 9.97 Å². The van der Waals surface area contributed by atoms with Gasteiger partial charge in [-0.05, 0) is 50.3 Å². The van der Waals surface area contributed by atoms with Gasteiger partial charge in [0.15, 0.2) is 0 Å². The van der Waals surface area contributed by atoms with Crippen LogP contribution in [0.2, 0.25) is 0 Å². The number of imidazole rings is 1. The molecule has 2 heterocycles. The van der Waals surface area contributed by atoms with Crippen LogP contribution in [0.5, 0.6) is 11.6 Å². The second kappa shape index (κ2) is 6.24. The number of aromatic nitrogens is 3. The average molecular weight is 323 g/mol. The zero-order valence-electron chi connectivity index (χ0n) is 13.7. The van der Waals surface area contributed by atoms with E-state index in [1.54, 1.807) is 6.20 Å². The van der Waals surface area contributed by atoms with Crippen LogP contribution < -0.4 is 4.74 Å². The van der Waals surface area contributed by atoms with Gasteiger partial charge < -0.3 is 14.4 Å². The van der Waals surface area contributed by atoms with Gasteiger partial charge in [-0.15, -0.1) is 0 Å². The first kappa shape index (κ1) is 15.1. The molecule has 2 aromatic heterocycles. The molecule has 0 saturated heterocycles. The molecule has 5 heteroatoms. The zero-order chi connectivity index (χ0) is 16.5. The van der Waals surface area contributed by atoms with E-state index in [0.29, 0.717) is 11.9 Å². The number of hydrogen-bond acceptors (Lipinski definition) is 4. The Labute approximate surface area is 140 Å². The van der Waals surface area contributed by atoms with Gasteiger partial charge in [-0.3, -0.25) is 0 Å². The summed E-state index contributed by atoms with van der Waals surface area (Å²) in [5, 5.41) is 9.71. The highest BCUT2D eigenvalue weighted by atomic mass is 16.5. The molecule has 3 aromatic rings. The molecule has 1 N–H and O–H groups in total. The van der Waals surface area contributed by atoms with E-state index < -0.39 is 0 Å². The predicted octanol–water partition coefficient (Wildman–Crippen LogP) is 4.01. The topological polar surface area (TPSA) is 60.2 Å². The van der Waals surface area contributed by atoms with Gasteiger partial charge in [0.25, 0.3) is 0 Å². The maximum Gasteiger partial charge on any atom is 0.219 e. The van der Waals surface area contributed by atoms with Gasteiger partial charge in [0.05, 0.1) is 23.5 Å². The van der Waals surface area contributed by atoms with E-state index in [4.69, 9.17) is 4.74 Å². The van der Waals surface area contributed by atoms with Crippen LogP contribution in [0.4, 0.5) is 0 Å². The minimum atomic E-state index is -0.150. The maximum atomic E-state index is 9.71. The lowest BCUT2D eigenvalue weighted by Gasteiger charge is -2.26. The molecular formula is C19H21N3O2. The third-order valence-electron chi connectivity index (χ3n) is 4.71. The van der Waals surface area contributed by atoms with Crippen molar-refractivity contribution in [1.29, 1.82) is 0 Å². The Morgan fingerprint density at radius 3 is 2.67 bits per heavy atom. The van der Waals surface area contributed by atoms with Crippen LogP contribution in [0.15, 0.2) is 42.9 Å². The van der Waals surface area contributed by atoms with Gasteiger partial charge in [-0.1, -0.05) is 6.07 Å². The molecule has 124 valence electrons. The van der Waals surface area contributed by atoms with Crippen molar-refractivity contribution in [1.82, 2.24) is 14.5 Å². The lowest BCUT2D eigenvalue weighted by molar-refractivity contribution is 0.111. The second-order valence-corrected chi connectivity index (χ2v) is 6.54. The molecule has 0 unspecified atom stereocenters. The first-order chi connectivity index (χ1) is 11.7. The number of nitrogens with zero attached hydrogens (tertiary/aromatic N) is 3. The van der Waals surface area contributed by atoms with Crippen LogP contribution in [0.1, 0.15) is 37.3 Å². The summed E-state index contributed by atoms with van der Waals surface area (Å²) in [7, 11) is 0. The molecule has 1 aliphatic rings. The van der Waals surface area contributed by atoms with Crippen LogP contribution in [-0.4, -0.2) is 25.7 Å². The fraction of sp³-hybridized carbons (Fsp3) is 0.368. The van der Waals surface area contributed by atoms with Crippen LogP contribution in [-0.2, 0) is 0 Å². The highest BCUT2D eigenvalue weighted by Crippen LogP contribution is 2.32. The Morgan fingerprint density at radius 2 is 1.92 bits per heavy atom. The van der Waals surface area contributed by atoms with Crippen LogP contribution in [0.3, 0.4) is 0 Å². The van der Waals surface area contributed by atoms with Gasteiger partial charge in [-0.2, -0.15) is 0 Å². The summed E-state index contributed by atoms with van der Waals surface area (Å²) in [6.07, 6.45) is 7.23. The molecule has 1 fully saturated rings. The van der Waals surface area contributed by atoms with Gasteiger partial charge in [0.1, 0.15) is 5.75 Å². The fourth-order valence-corrected chi connectivity index (χ4v) is 3.33. The van der Waals surface area contributed by atoms with E-state index in [1.807, 2.05) is 43.6 Å². The molecule has 0 aliphatic heterocycles. The van der Waals surface area contributed by atoms with E-state index >= 15 is 0 Å². The van der Waals surface area contributed by atoms with Crippen molar-refractivity contribution in [2.24, 2.45) is 0 Å². The number of aryl methyl sites for hydroxylation is 1. The fourth-order valence-electron chi connectivity index (χ4n) is 3.33. The van der Waals surface area contributed by atoms with E-state index in [-0.39, 0.29) is 6.10 Å². The predicted molar refractivity (Wildman–Crippen MR) is 92.3 cm³/mol. The minimum absolute atomic E-state index is 0.150. The van der Waals surface area contributed by atoms with Crippen molar-refractivity contribution < 1.29 is 9.84 Å². The lowest BCUT2D eigenvalue weighted by atomic mass is 9.93. The monoisotopic (exact) mass is 323 g/mol. The molecule has 24 heavy (non-hydrogen) atoms. The summed E-state index contributed by atoms with van der Waals surface area (Å²) >= 11 is 0. The standard InChI is InChI=1S/C19H21N3O2/c1-13-2-9-19(20-11-13)24-16-7-8-17-18(10-16)22(12-21-17)14-3-5-15(23)6-4-14/h2,7-12,14-15,23H,3-6H2,1H3/t14-,15-. The van der Waals surface area contributed by atoms with Crippen LogP contribution in [0, 0.1) is 6.92 Å². The van der Waals surface area contributed by atoms with E-state index in [0.717, 1.165) is 48.0 Å². The Bertz CT molecular complexity index is 833. The molecule has 1 aliphatic carbocycles. The van der Waals surface area contributed by atoms with Gasteiger partial charge >= 0.3 is 0 Å². The number of aliphatic hydroxyl groups excluding tert-OH is 1. The summed E-state index contributed by atoms with van der Waals surface area (Å²) in [6, 6.07) is 10.2. The van der Waals surface area contributed by atoms with E-state index in [9.17, 15) is 5.11 Å². The summed E-state index contributed by atoms with van der Waals surface area (Å²) in [5.74, 6) is 1.35. The summed E-state index contributed by atoms with van der Waals surface area (Å²) < 4.78 is 8.10. The first-order valence-electron chi connectivity index (χ1n) is 8.44. The van der Waals surface area contributed by atoms with Gasteiger partial charge in [0.2, 0.25) is 5.88 Å². The molecule has 5 nitrogen and oxygen atoms in total. The van der Waals surface area contributed by atoms with Crippen molar-refractivity contribution in [2.45, 2.75) is 44.8 Å². The molecule has 0 atom stereocenters. The lowest BCUT2D eigenvalue weighted by Crippen LogP contribution is -2.20. The SMILES string of the molecule is Cc1ccc(Oc2ccc3ncn([C@H]4CC[C@H](O)CC4)c3c2)nc1. The summed E-state index contributed by atoms with van der Waals surface area (Å²) in [6.45, 7) is 2.00. The highest BCUT2D eigenvalue weighted by molar-refractivity contribution is 5.77. The Kier molecular flexibility index (Phi) is 3.94. The Hall–Kier alpha value is -2.40. The molecule has 0 amide bonds. The largest absolute Gasteiger partial charge is 0.439 e. The first-order valence-corrected chi connectivity index (χ1v) is 8.44. The number of ether oxygens (including phenoxy) is 1. The number of fused-ring (bicyclic) bond motifs is 1. The molecule has 1 saturated carbocycles. The molecule has 0 radical (unpaired) electrons. The second-order valence-electron chi connectivity index (χ2n) is 6.54. The quantitative estimate of drug-likeness (QED) is 0.791. The Balaban J connectivity index is 1.62. The van der Waals surface area contributed by atoms with Crippen LogP contribution >= 0.6 is 0 Å². The Morgan fingerprint density at radius 1 is 1.08 bits per heavy atom. The van der Waals surface area contributed by atoms with Crippen LogP contribution in [0.25, 0.3) is 11.0 Å². The molecule has 1 aromatic carbocycles. The number of benzene rings is 1. The van der Waals surface area contributed by atoms with Crippen molar-refractivity contribution in [3.05, 3.63) is 48.4 Å². The summed E-state index contributed by atoms with van der Waals surface area (Å²) in [5.41, 5.74) is 3.14. The highest BCUT2D eigenvalue weighted by Gasteiger charge is 2.22. The van der Waals surface area contributed by atoms with Crippen molar-refractivity contribution in [3.8, 4) is 11.6 Å². The molecule has 4 rings (SSSR count). The third kappa shape index (κ3) is 2.99. The van der Waals surface area contributed by atoms with Crippen molar-refractivity contribution in [3.63, 3.8) is 0 Å². The summed E-state index contributed by atoms with van der Waals surface area (Å²) in [4.78, 5) is 8.79. The van der Waals surface area contributed by atoms with Crippen molar-refractivity contribution in [2.75, 3.05) is 0 Å². The number of pyridine rings is 1. The van der Waals surface area contributed by atoms with E-state index in [1.165, 1.54) is 0 Å². The minimum Gasteiger partial charge on any atom is -0.439 e. The smallest absolute Gasteiger partial charge is 0.219 e. The number of aliphatic hydroxyl groups is 1. The normalized spacial score (nSPS) is 21.1. The average Bonchev–Trinajstić information content (AvgIpc) is 3.01. The van der Waals surface area contributed by atoms with E-state index in [2.05, 4.69) is 14.5 Å². The molecule has 0 spiro atoms. The third-order valence-corrected chi connectivity index (χ3v) is 4.71. The molecular weight excluding hydrogens is 302 g/mol. The number of rotatable bonds is 3.